The van der Waals surface area contributed by atoms with Crippen molar-refractivity contribution in [2.24, 2.45) is 0 Å². The summed E-state index contributed by atoms with van der Waals surface area (Å²) >= 11 is 5.13. The molecule has 0 saturated heterocycles. The molecular weight excluding hydrogens is 326 g/mol. The van der Waals surface area contributed by atoms with Crippen LogP contribution in [0.25, 0.3) is 0 Å². The highest BCUT2D eigenvalue weighted by atomic mass is 32.1. The number of rotatable bonds is 3. The largest absolute Gasteiger partial charge is 0.459 e. The van der Waals surface area contributed by atoms with Crippen LogP contribution in [0.1, 0.15) is 41.7 Å². The molecule has 1 heterocycles. The van der Waals surface area contributed by atoms with Crippen molar-refractivity contribution in [3.63, 3.8) is 0 Å². The Morgan fingerprint density at radius 1 is 1.04 bits per heavy atom. The normalized spacial score (nSPS) is 10.8. The Hall–Kier alpha value is -2.67. The van der Waals surface area contributed by atoms with Crippen molar-refractivity contribution >= 4 is 34.8 Å². The highest BCUT2D eigenvalue weighted by Crippen LogP contribution is 2.16. The SMILES string of the molecule is CC(C)(C)NC(=O)c1ccccc1NC(=S)NC(=O)c1ccco1. The van der Waals surface area contributed by atoms with Crippen LogP contribution in [0.5, 0.6) is 0 Å². The lowest BCUT2D eigenvalue weighted by molar-refractivity contribution is 0.0918. The molecule has 0 atom stereocenters. The van der Waals surface area contributed by atoms with Gasteiger partial charge in [-0.15, -0.1) is 0 Å². The molecular formula is C17H19N3O3S. The fraction of sp³-hybridized carbons (Fsp3) is 0.235. The Labute approximate surface area is 145 Å². The zero-order valence-corrected chi connectivity index (χ0v) is 14.5. The average Bonchev–Trinajstić information content (AvgIpc) is 3.00. The fourth-order valence-electron chi connectivity index (χ4n) is 1.92. The number of amides is 2. The number of benzene rings is 1. The van der Waals surface area contributed by atoms with E-state index >= 15 is 0 Å². The van der Waals surface area contributed by atoms with Crippen LogP contribution in [0, 0.1) is 0 Å². The molecule has 0 radical (unpaired) electrons. The number of para-hydroxylation sites is 1. The van der Waals surface area contributed by atoms with Crippen molar-refractivity contribution in [1.29, 1.82) is 0 Å². The minimum absolute atomic E-state index is 0.0763. The van der Waals surface area contributed by atoms with Crippen molar-refractivity contribution in [2.45, 2.75) is 26.3 Å². The molecule has 2 aromatic rings. The first-order valence-corrected chi connectivity index (χ1v) is 7.74. The van der Waals surface area contributed by atoms with Crippen molar-refractivity contribution in [2.75, 3.05) is 5.32 Å². The van der Waals surface area contributed by atoms with Crippen LogP contribution in [-0.4, -0.2) is 22.5 Å². The quantitative estimate of drug-likeness (QED) is 0.745. The van der Waals surface area contributed by atoms with E-state index in [0.717, 1.165) is 0 Å². The van der Waals surface area contributed by atoms with Gasteiger partial charge in [-0.3, -0.25) is 14.9 Å². The third kappa shape index (κ3) is 4.92. The van der Waals surface area contributed by atoms with E-state index in [0.29, 0.717) is 11.3 Å². The monoisotopic (exact) mass is 345 g/mol. The van der Waals surface area contributed by atoms with E-state index in [-0.39, 0.29) is 22.3 Å². The van der Waals surface area contributed by atoms with Crippen LogP contribution < -0.4 is 16.0 Å². The van der Waals surface area contributed by atoms with Crippen LogP contribution in [0.15, 0.2) is 47.1 Å². The second-order valence-corrected chi connectivity index (χ2v) is 6.54. The van der Waals surface area contributed by atoms with E-state index < -0.39 is 5.91 Å². The van der Waals surface area contributed by atoms with Crippen LogP contribution in [0.3, 0.4) is 0 Å². The topological polar surface area (TPSA) is 83.4 Å². The fourth-order valence-corrected chi connectivity index (χ4v) is 2.13. The molecule has 6 nitrogen and oxygen atoms in total. The van der Waals surface area contributed by atoms with Gasteiger partial charge in [-0.1, -0.05) is 12.1 Å². The molecule has 0 unspecified atom stereocenters. The molecule has 24 heavy (non-hydrogen) atoms. The third-order valence-corrected chi connectivity index (χ3v) is 3.08. The maximum atomic E-state index is 12.4. The molecule has 0 fully saturated rings. The van der Waals surface area contributed by atoms with Crippen LogP contribution in [0.2, 0.25) is 0 Å². The van der Waals surface area contributed by atoms with E-state index in [9.17, 15) is 9.59 Å². The molecule has 0 aliphatic carbocycles. The molecule has 3 N–H and O–H groups in total. The minimum Gasteiger partial charge on any atom is -0.459 e. The van der Waals surface area contributed by atoms with Crippen molar-refractivity contribution in [3.05, 3.63) is 54.0 Å². The predicted molar refractivity (Wildman–Crippen MR) is 96.1 cm³/mol. The summed E-state index contributed by atoms with van der Waals surface area (Å²) in [5.74, 6) is -0.544. The van der Waals surface area contributed by atoms with Gasteiger partial charge in [-0.05, 0) is 57.3 Å². The van der Waals surface area contributed by atoms with Gasteiger partial charge in [-0.25, -0.2) is 0 Å². The van der Waals surface area contributed by atoms with Gasteiger partial charge in [0.05, 0.1) is 17.5 Å². The Morgan fingerprint density at radius 3 is 2.38 bits per heavy atom. The van der Waals surface area contributed by atoms with Crippen molar-refractivity contribution < 1.29 is 14.0 Å². The van der Waals surface area contributed by atoms with Crippen LogP contribution >= 0.6 is 12.2 Å². The van der Waals surface area contributed by atoms with Gasteiger partial charge in [0.2, 0.25) is 0 Å². The number of carbonyl (C=O) groups is 2. The number of hydrogen-bond donors (Lipinski definition) is 3. The molecule has 0 bridgehead atoms. The molecule has 0 saturated carbocycles. The first kappa shape index (κ1) is 17.7. The van der Waals surface area contributed by atoms with Gasteiger partial charge < -0.3 is 15.1 Å². The second-order valence-electron chi connectivity index (χ2n) is 6.14. The molecule has 1 aromatic heterocycles. The van der Waals surface area contributed by atoms with E-state index in [1.54, 1.807) is 30.3 Å². The molecule has 7 heteroatoms. The summed E-state index contributed by atoms with van der Waals surface area (Å²) in [6, 6.07) is 10.1. The molecule has 2 amide bonds. The Kier molecular flexibility index (Phi) is 5.35. The van der Waals surface area contributed by atoms with Gasteiger partial charge in [-0.2, -0.15) is 0 Å². The lowest BCUT2D eigenvalue weighted by Gasteiger charge is -2.21. The highest BCUT2D eigenvalue weighted by Gasteiger charge is 2.18. The van der Waals surface area contributed by atoms with Gasteiger partial charge in [0.1, 0.15) is 0 Å². The summed E-state index contributed by atoms with van der Waals surface area (Å²) in [6.07, 6.45) is 1.40. The molecule has 1 aromatic carbocycles. The number of carbonyl (C=O) groups excluding carboxylic acids is 2. The van der Waals surface area contributed by atoms with Gasteiger partial charge >= 0.3 is 0 Å². The van der Waals surface area contributed by atoms with E-state index in [1.165, 1.54) is 12.3 Å². The molecule has 0 aliphatic rings. The summed E-state index contributed by atoms with van der Waals surface area (Å²) in [5, 5.41) is 8.33. The summed E-state index contributed by atoms with van der Waals surface area (Å²) < 4.78 is 5.00. The zero-order chi connectivity index (χ0) is 17.7. The van der Waals surface area contributed by atoms with E-state index in [1.807, 2.05) is 20.8 Å². The van der Waals surface area contributed by atoms with E-state index in [4.69, 9.17) is 16.6 Å². The number of nitrogens with one attached hydrogen (secondary N) is 3. The number of furan rings is 1. The molecule has 2 rings (SSSR count). The van der Waals surface area contributed by atoms with E-state index in [2.05, 4.69) is 16.0 Å². The highest BCUT2D eigenvalue weighted by molar-refractivity contribution is 7.80. The maximum absolute atomic E-state index is 12.4. The van der Waals surface area contributed by atoms with Crippen molar-refractivity contribution in [3.8, 4) is 0 Å². The zero-order valence-electron chi connectivity index (χ0n) is 13.7. The first-order chi connectivity index (χ1) is 11.3. The summed E-state index contributed by atoms with van der Waals surface area (Å²) in [7, 11) is 0. The summed E-state index contributed by atoms with van der Waals surface area (Å²) in [4.78, 5) is 24.3. The Morgan fingerprint density at radius 2 is 1.75 bits per heavy atom. The molecule has 0 aliphatic heterocycles. The second kappa shape index (κ2) is 7.27. The Bertz CT molecular complexity index is 749. The summed E-state index contributed by atoms with van der Waals surface area (Å²) in [5.41, 5.74) is 0.573. The third-order valence-electron chi connectivity index (χ3n) is 2.88. The molecule has 0 spiro atoms. The lowest BCUT2D eigenvalue weighted by Crippen LogP contribution is -2.41. The van der Waals surface area contributed by atoms with Crippen LogP contribution in [-0.2, 0) is 0 Å². The van der Waals surface area contributed by atoms with Gasteiger partial charge in [0.25, 0.3) is 11.8 Å². The number of anilines is 1. The standard InChI is InChI=1S/C17H19N3O3S/c1-17(2,3)20-14(21)11-7-4-5-8-12(11)18-16(24)19-15(22)13-9-6-10-23-13/h4-10H,1-3H3,(H,20,21)(H2,18,19,22,24). The van der Waals surface area contributed by atoms with Crippen molar-refractivity contribution in [1.82, 2.24) is 10.6 Å². The summed E-state index contributed by atoms with van der Waals surface area (Å²) in [6.45, 7) is 5.69. The smallest absolute Gasteiger partial charge is 0.293 e. The maximum Gasteiger partial charge on any atom is 0.293 e. The van der Waals surface area contributed by atoms with Gasteiger partial charge in [0, 0.05) is 5.54 Å². The first-order valence-electron chi connectivity index (χ1n) is 7.33. The predicted octanol–water partition coefficient (Wildman–Crippen LogP) is 2.93. The number of hydrogen-bond acceptors (Lipinski definition) is 4. The van der Waals surface area contributed by atoms with Gasteiger partial charge in [0.15, 0.2) is 10.9 Å². The number of thiocarbonyl (C=S) groups is 1. The Balaban J connectivity index is 2.08. The minimum atomic E-state index is -0.464. The lowest BCUT2D eigenvalue weighted by atomic mass is 10.1. The van der Waals surface area contributed by atoms with Crippen LogP contribution in [0.4, 0.5) is 5.69 Å². The molecule has 126 valence electrons. The average molecular weight is 345 g/mol.